The third-order valence-corrected chi connectivity index (χ3v) is 2.32. The molecule has 0 aliphatic carbocycles. The van der Waals surface area contributed by atoms with Gasteiger partial charge in [0.05, 0.1) is 11.6 Å². The minimum atomic E-state index is 0.490. The van der Waals surface area contributed by atoms with Gasteiger partial charge in [-0.05, 0) is 40.2 Å². The zero-order valence-electron chi connectivity index (χ0n) is 8.22. The van der Waals surface area contributed by atoms with Crippen molar-refractivity contribution in [2.75, 3.05) is 0 Å². The molecule has 16 heavy (non-hydrogen) atoms. The lowest BCUT2D eigenvalue weighted by Crippen LogP contribution is -1.88. The minimum absolute atomic E-state index is 0.490. The number of benzene rings is 1. The Hall–Kier alpha value is -1.86. The van der Waals surface area contributed by atoms with E-state index >= 15 is 0 Å². The van der Waals surface area contributed by atoms with Crippen molar-refractivity contribution in [3.05, 3.63) is 52.6 Å². The molecule has 0 saturated carbocycles. The number of ether oxygens (including phenoxy) is 1. The summed E-state index contributed by atoms with van der Waals surface area (Å²) in [4.78, 5) is 4.14. The Balaban J connectivity index is 2.24. The average molecular weight is 275 g/mol. The normalized spacial score (nSPS) is 9.50. The van der Waals surface area contributed by atoms with Gasteiger partial charge in [0.25, 0.3) is 0 Å². The molecule has 0 aliphatic heterocycles. The van der Waals surface area contributed by atoms with Gasteiger partial charge in [-0.15, -0.1) is 0 Å². The van der Waals surface area contributed by atoms with Crippen molar-refractivity contribution in [1.82, 2.24) is 4.98 Å². The Kier molecular flexibility index (Phi) is 3.18. The van der Waals surface area contributed by atoms with Gasteiger partial charge >= 0.3 is 0 Å². The molecule has 0 aliphatic rings. The lowest BCUT2D eigenvalue weighted by Gasteiger charge is -2.04. The van der Waals surface area contributed by atoms with Crippen molar-refractivity contribution < 1.29 is 4.74 Å². The highest BCUT2D eigenvalue weighted by molar-refractivity contribution is 9.10. The molecule has 0 N–H and O–H groups in total. The van der Waals surface area contributed by atoms with E-state index in [-0.39, 0.29) is 0 Å². The number of nitrogens with zero attached hydrogens (tertiary/aromatic N) is 2. The van der Waals surface area contributed by atoms with Gasteiger partial charge in [0.15, 0.2) is 0 Å². The molecule has 2 rings (SSSR count). The van der Waals surface area contributed by atoms with Crippen LogP contribution in [0.5, 0.6) is 11.6 Å². The summed E-state index contributed by atoms with van der Waals surface area (Å²) < 4.78 is 6.22. The molecule has 1 aromatic carbocycles. The molecular weight excluding hydrogens is 268 g/mol. The molecule has 4 heteroatoms. The summed E-state index contributed by atoms with van der Waals surface area (Å²) in [7, 11) is 0. The molecule has 0 bridgehead atoms. The van der Waals surface area contributed by atoms with Crippen molar-refractivity contribution >= 4 is 15.9 Å². The maximum Gasteiger partial charge on any atom is 0.220 e. The van der Waals surface area contributed by atoms with Crippen LogP contribution < -0.4 is 4.74 Å². The Labute approximate surface area is 101 Å². The van der Waals surface area contributed by atoms with E-state index in [4.69, 9.17) is 10.00 Å². The summed E-state index contributed by atoms with van der Waals surface area (Å²) in [5.74, 6) is 1.09. The summed E-state index contributed by atoms with van der Waals surface area (Å²) in [5.41, 5.74) is 0.562. The molecule has 0 fully saturated rings. The highest BCUT2D eigenvalue weighted by atomic mass is 79.9. The van der Waals surface area contributed by atoms with Crippen LogP contribution in [0.2, 0.25) is 0 Å². The van der Waals surface area contributed by atoms with Gasteiger partial charge in [0.1, 0.15) is 10.4 Å². The van der Waals surface area contributed by atoms with Crippen LogP contribution in [0, 0.1) is 11.3 Å². The van der Waals surface area contributed by atoms with Crippen molar-refractivity contribution in [1.29, 1.82) is 5.26 Å². The molecule has 0 atom stereocenters. The van der Waals surface area contributed by atoms with Crippen LogP contribution in [0.15, 0.2) is 47.1 Å². The zero-order valence-corrected chi connectivity index (χ0v) is 9.81. The summed E-state index contributed by atoms with van der Waals surface area (Å²) in [6.07, 6.45) is 0. The van der Waals surface area contributed by atoms with E-state index in [2.05, 4.69) is 27.0 Å². The minimum Gasteiger partial charge on any atom is -0.439 e. The van der Waals surface area contributed by atoms with Crippen LogP contribution >= 0.6 is 15.9 Å². The molecule has 1 heterocycles. The van der Waals surface area contributed by atoms with Gasteiger partial charge in [0.2, 0.25) is 5.88 Å². The molecule has 0 amide bonds. The highest BCUT2D eigenvalue weighted by Gasteiger charge is 2.00. The van der Waals surface area contributed by atoms with E-state index in [0.717, 1.165) is 0 Å². The monoisotopic (exact) mass is 274 g/mol. The molecule has 78 valence electrons. The third kappa shape index (κ3) is 2.59. The van der Waals surface area contributed by atoms with Crippen LogP contribution in [0.25, 0.3) is 0 Å². The van der Waals surface area contributed by atoms with Crippen LogP contribution in [0.4, 0.5) is 0 Å². The van der Waals surface area contributed by atoms with Gasteiger partial charge in [-0.1, -0.05) is 12.1 Å². The number of hydrogen-bond donors (Lipinski definition) is 0. The van der Waals surface area contributed by atoms with Crippen molar-refractivity contribution in [2.24, 2.45) is 0 Å². The van der Waals surface area contributed by atoms with Gasteiger partial charge < -0.3 is 4.74 Å². The second-order valence-corrected chi connectivity index (χ2v) is 3.85. The molecule has 0 radical (unpaired) electrons. The molecule has 2 aromatic rings. The lowest BCUT2D eigenvalue weighted by molar-refractivity contribution is 0.462. The summed E-state index contributed by atoms with van der Waals surface area (Å²) in [6.45, 7) is 0. The Morgan fingerprint density at radius 2 is 2.00 bits per heavy atom. The highest BCUT2D eigenvalue weighted by Crippen LogP contribution is 2.21. The number of aromatic nitrogens is 1. The fourth-order valence-corrected chi connectivity index (χ4v) is 1.52. The molecule has 1 aromatic heterocycles. The smallest absolute Gasteiger partial charge is 0.220 e. The summed E-state index contributed by atoms with van der Waals surface area (Å²) in [5, 5.41) is 8.74. The number of pyridine rings is 1. The van der Waals surface area contributed by atoms with Gasteiger partial charge in [-0.3, -0.25) is 0 Å². The first-order valence-corrected chi connectivity index (χ1v) is 5.38. The fourth-order valence-electron chi connectivity index (χ4n) is 1.20. The molecular formula is C12H7BrN2O. The second kappa shape index (κ2) is 4.77. The van der Waals surface area contributed by atoms with Crippen molar-refractivity contribution in [2.45, 2.75) is 0 Å². The standard InChI is InChI=1S/C12H7BrN2O/c13-11-5-2-6-12(15-11)16-10-4-1-3-9(7-10)8-14/h1-7H. The maximum absolute atomic E-state index is 8.74. The van der Waals surface area contributed by atoms with E-state index in [9.17, 15) is 0 Å². The summed E-state index contributed by atoms with van der Waals surface area (Å²) >= 11 is 3.26. The number of nitriles is 1. The predicted octanol–water partition coefficient (Wildman–Crippen LogP) is 3.51. The van der Waals surface area contributed by atoms with Crippen LogP contribution in [0.1, 0.15) is 5.56 Å². The van der Waals surface area contributed by atoms with E-state index < -0.39 is 0 Å². The van der Waals surface area contributed by atoms with E-state index in [1.54, 1.807) is 30.3 Å². The predicted molar refractivity (Wildman–Crippen MR) is 63.2 cm³/mol. The molecule has 3 nitrogen and oxygen atoms in total. The largest absolute Gasteiger partial charge is 0.439 e. The average Bonchev–Trinajstić information content (AvgIpc) is 2.29. The number of rotatable bonds is 2. The Morgan fingerprint density at radius 3 is 2.75 bits per heavy atom. The molecule has 0 spiro atoms. The number of hydrogen-bond acceptors (Lipinski definition) is 3. The quantitative estimate of drug-likeness (QED) is 0.788. The molecule has 0 unspecified atom stereocenters. The van der Waals surface area contributed by atoms with Crippen LogP contribution in [-0.4, -0.2) is 4.98 Å². The van der Waals surface area contributed by atoms with Crippen LogP contribution in [-0.2, 0) is 0 Å². The zero-order chi connectivity index (χ0) is 11.4. The van der Waals surface area contributed by atoms with E-state index in [0.29, 0.717) is 21.8 Å². The van der Waals surface area contributed by atoms with Gasteiger partial charge in [-0.25, -0.2) is 4.98 Å². The van der Waals surface area contributed by atoms with Gasteiger partial charge in [-0.2, -0.15) is 5.26 Å². The Morgan fingerprint density at radius 1 is 1.19 bits per heavy atom. The van der Waals surface area contributed by atoms with E-state index in [1.807, 2.05) is 12.1 Å². The number of halogens is 1. The first-order valence-electron chi connectivity index (χ1n) is 4.58. The van der Waals surface area contributed by atoms with Crippen molar-refractivity contribution in [3.8, 4) is 17.7 Å². The first kappa shape index (κ1) is 10.7. The second-order valence-electron chi connectivity index (χ2n) is 3.04. The lowest BCUT2D eigenvalue weighted by atomic mass is 10.2. The molecule has 0 saturated heterocycles. The topological polar surface area (TPSA) is 45.9 Å². The fraction of sp³-hybridized carbons (Fsp3) is 0. The SMILES string of the molecule is N#Cc1cccc(Oc2cccc(Br)n2)c1. The Bertz CT molecular complexity index is 549. The summed E-state index contributed by atoms with van der Waals surface area (Å²) in [6, 6.07) is 14.4. The third-order valence-electron chi connectivity index (χ3n) is 1.88. The van der Waals surface area contributed by atoms with E-state index in [1.165, 1.54) is 0 Å². The maximum atomic E-state index is 8.74. The van der Waals surface area contributed by atoms with Gasteiger partial charge in [0, 0.05) is 6.07 Å². The van der Waals surface area contributed by atoms with Crippen molar-refractivity contribution in [3.63, 3.8) is 0 Å². The van der Waals surface area contributed by atoms with Crippen LogP contribution in [0.3, 0.4) is 0 Å². The first-order chi connectivity index (χ1) is 7.78.